The number of hydrogen-bond acceptors (Lipinski definition) is 5. The van der Waals surface area contributed by atoms with Gasteiger partial charge in [-0.1, -0.05) is 0 Å². The summed E-state index contributed by atoms with van der Waals surface area (Å²) in [7, 11) is 1.32. The van der Waals surface area contributed by atoms with Crippen LogP contribution < -0.4 is 8.92 Å². The molecule has 0 amide bonds. The molecule has 0 heterocycles. The molecule has 0 saturated carbocycles. The first-order valence-electron chi connectivity index (χ1n) is 8.57. The quantitative estimate of drug-likeness (QED) is 0.220. The summed E-state index contributed by atoms with van der Waals surface area (Å²) < 4.78 is 12.7. The van der Waals surface area contributed by atoms with Crippen molar-refractivity contribution in [1.82, 2.24) is 0 Å². The van der Waals surface area contributed by atoms with E-state index in [1.807, 2.05) is 65.6 Å². The summed E-state index contributed by atoms with van der Waals surface area (Å²) in [6, 6.07) is 19.7. The Hall–Kier alpha value is -2.17. The van der Waals surface area contributed by atoms with Gasteiger partial charge in [0.2, 0.25) is 0 Å². The second-order valence-corrected chi connectivity index (χ2v) is 9.50. The zero-order chi connectivity index (χ0) is 20.2. The molecule has 146 valence electrons. The van der Waals surface area contributed by atoms with Crippen LogP contribution in [0.25, 0.3) is 0 Å². The summed E-state index contributed by atoms with van der Waals surface area (Å²) in [5.74, 6) is -0.861. The molecule has 28 heavy (non-hydrogen) atoms. The topological polar surface area (TPSA) is 65.0 Å². The van der Waals surface area contributed by atoms with Crippen LogP contribution in [0.4, 0.5) is 0 Å². The van der Waals surface area contributed by atoms with Crippen LogP contribution in [0, 0.1) is 0 Å². The maximum atomic E-state index is 12.6. The summed E-state index contributed by atoms with van der Waals surface area (Å²) >= 11 is -0.317. The zero-order valence-corrected chi connectivity index (χ0v) is 19.1. The standard InChI is InChI=1S/C21H21NO4Se2/c1-3-26-21(24)18(15-27-16-10-6-4-7-11-16)20(22-14-19(23)25-2)28-17-12-8-5-9-13-17/h4-13,15H,3,14H2,1-2H3/b18-15-,22-20?. The van der Waals surface area contributed by atoms with E-state index in [0.29, 0.717) is 10.2 Å². The minimum absolute atomic E-state index is 0.0673. The van der Waals surface area contributed by atoms with Gasteiger partial charge in [0, 0.05) is 0 Å². The van der Waals surface area contributed by atoms with Crippen LogP contribution in [0.15, 0.2) is 76.2 Å². The van der Waals surface area contributed by atoms with Gasteiger partial charge in [0.25, 0.3) is 0 Å². The van der Waals surface area contributed by atoms with Crippen molar-refractivity contribution in [2.45, 2.75) is 6.92 Å². The van der Waals surface area contributed by atoms with E-state index in [9.17, 15) is 9.59 Å². The SMILES string of the molecule is CCOC(=O)/C(=C\[Se]c1ccccc1)C(=NCC(=O)OC)[Se]c1ccccc1. The number of ether oxygens (including phenoxy) is 2. The van der Waals surface area contributed by atoms with E-state index in [2.05, 4.69) is 4.99 Å². The van der Waals surface area contributed by atoms with Gasteiger partial charge in [0.05, 0.1) is 0 Å². The van der Waals surface area contributed by atoms with E-state index in [-0.39, 0.29) is 43.1 Å². The number of benzene rings is 2. The van der Waals surface area contributed by atoms with Crippen LogP contribution in [0.2, 0.25) is 0 Å². The van der Waals surface area contributed by atoms with Gasteiger partial charge in [-0.25, -0.2) is 0 Å². The average Bonchev–Trinajstić information content (AvgIpc) is 2.73. The van der Waals surface area contributed by atoms with Crippen molar-refractivity contribution in [1.29, 1.82) is 0 Å². The summed E-state index contributed by atoms with van der Waals surface area (Å²) in [6.07, 6.45) is 0. The number of carbonyl (C=O) groups excluding carboxylic acids is 2. The first-order chi connectivity index (χ1) is 13.6. The van der Waals surface area contributed by atoms with Gasteiger partial charge < -0.3 is 0 Å². The van der Waals surface area contributed by atoms with E-state index in [1.165, 1.54) is 7.11 Å². The van der Waals surface area contributed by atoms with E-state index in [1.54, 1.807) is 6.92 Å². The van der Waals surface area contributed by atoms with Crippen LogP contribution in [0.3, 0.4) is 0 Å². The Balaban J connectivity index is 2.37. The average molecular weight is 509 g/mol. The van der Waals surface area contributed by atoms with Gasteiger partial charge in [-0.15, -0.1) is 0 Å². The van der Waals surface area contributed by atoms with E-state index in [4.69, 9.17) is 9.47 Å². The van der Waals surface area contributed by atoms with Crippen molar-refractivity contribution in [3.8, 4) is 0 Å². The molecule has 0 aliphatic heterocycles. The predicted octanol–water partition coefficient (Wildman–Crippen LogP) is 1.06. The first-order valence-corrected chi connectivity index (χ1v) is 12.1. The summed E-state index contributed by atoms with van der Waals surface area (Å²) in [4.78, 5) is 30.6. The van der Waals surface area contributed by atoms with E-state index < -0.39 is 11.9 Å². The van der Waals surface area contributed by atoms with Crippen LogP contribution in [-0.4, -0.2) is 66.7 Å². The van der Waals surface area contributed by atoms with Crippen molar-refractivity contribution < 1.29 is 19.1 Å². The fraction of sp³-hybridized carbons (Fsp3) is 0.190. The number of nitrogens with zero attached hydrogens (tertiary/aromatic N) is 1. The third-order valence-electron chi connectivity index (χ3n) is 3.32. The molecule has 0 aromatic heterocycles. The van der Waals surface area contributed by atoms with Gasteiger partial charge in [-0.3, -0.25) is 0 Å². The van der Waals surface area contributed by atoms with Crippen LogP contribution >= 0.6 is 0 Å². The van der Waals surface area contributed by atoms with Crippen molar-refractivity contribution in [2.75, 3.05) is 20.3 Å². The zero-order valence-electron chi connectivity index (χ0n) is 15.7. The van der Waals surface area contributed by atoms with Gasteiger partial charge >= 0.3 is 178 Å². The number of carbonyl (C=O) groups is 2. The first kappa shape index (κ1) is 22.1. The number of methoxy groups -OCH3 is 1. The fourth-order valence-electron chi connectivity index (χ4n) is 1.99. The van der Waals surface area contributed by atoms with Crippen LogP contribution in [0.5, 0.6) is 0 Å². The number of esters is 2. The Morgan fingerprint density at radius 2 is 1.61 bits per heavy atom. The molecule has 0 saturated heterocycles. The van der Waals surface area contributed by atoms with Crippen LogP contribution in [-0.2, 0) is 19.1 Å². The predicted molar refractivity (Wildman–Crippen MR) is 113 cm³/mol. The van der Waals surface area contributed by atoms with Gasteiger partial charge in [-0.2, -0.15) is 0 Å². The molecule has 0 aliphatic carbocycles. The second-order valence-electron chi connectivity index (χ2n) is 5.30. The van der Waals surface area contributed by atoms with E-state index >= 15 is 0 Å². The summed E-state index contributed by atoms with van der Waals surface area (Å²) in [5, 5.41) is 0. The monoisotopic (exact) mass is 511 g/mol. The Morgan fingerprint density at radius 1 is 1.00 bits per heavy atom. The van der Waals surface area contributed by atoms with Crippen molar-refractivity contribution >= 4 is 55.4 Å². The molecule has 0 atom stereocenters. The molecular formula is C21H21NO4Se2. The van der Waals surface area contributed by atoms with Crippen molar-refractivity contribution in [3.05, 3.63) is 71.2 Å². The van der Waals surface area contributed by atoms with Gasteiger partial charge in [0.1, 0.15) is 0 Å². The summed E-state index contributed by atoms with van der Waals surface area (Å²) in [6.45, 7) is 1.91. The Bertz CT molecular complexity index is 836. The third-order valence-corrected chi connectivity index (χ3v) is 7.41. The second kappa shape index (κ2) is 12.3. The Labute approximate surface area is 177 Å². The number of hydrogen-bond donors (Lipinski definition) is 0. The normalized spacial score (nSPS) is 11.8. The van der Waals surface area contributed by atoms with Gasteiger partial charge in [-0.05, 0) is 0 Å². The molecule has 2 aromatic rings. The maximum absolute atomic E-state index is 12.6. The number of aliphatic imine (C=N–C) groups is 1. The molecule has 0 spiro atoms. The Kier molecular flexibility index (Phi) is 9.73. The molecule has 2 aromatic carbocycles. The van der Waals surface area contributed by atoms with Crippen LogP contribution in [0.1, 0.15) is 6.92 Å². The van der Waals surface area contributed by atoms with Crippen molar-refractivity contribution in [2.24, 2.45) is 4.99 Å². The molecule has 0 fully saturated rings. The van der Waals surface area contributed by atoms with Crippen molar-refractivity contribution in [3.63, 3.8) is 0 Å². The van der Waals surface area contributed by atoms with E-state index in [0.717, 1.165) is 8.92 Å². The number of rotatable bonds is 9. The molecule has 0 bridgehead atoms. The third kappa shape index (κ3) is 7.45. The summed E-state index contributed by atoms with van der Waals surface area (Å²) in [5.41, 5.74) is 0.429. The molecule has 0 aliphatic rings. The molecule has 2 rings (SSSR count). The Morgan fingerprint density at radius 3 is 2.18 bits per heavy atom. The van der Waals surface area contributed by atoms with Gasteiger partial charge in [0.15, 0.2) is 0 Å². The fourth-order valence-corrected chi connectivity index (χ4v) is 5.88. The molecule has 0 unspecified atom stereocenters. The molecule has 0 N–H and O–H groups in total. The minimum atomic E-state index is -0.446. The molecule has 5 nitrogen and oxygen atoms in total. The molecule has 0 radical (unpaired) electrons. The molecule has 7 heteroatoms. The molecular weight excluding hydrogens is 488 g/mol.